The molecule has 0 radical (unpaired) electrons. The Morgan fingerprint density at radius 3 is 2.77 bits per heavy atom. The van der Waals surface area contributed by atoms with Gasteiger partial charge >= 0.3 is 0 Å². The van der Waals surface area contributed by atoms with Gasteiger partial charge in [0, 0.05) is 38.6 Å². The molecule has 0 N–H and O–H groups in total. The number of carbonyl (C=O) groups excluding carboxylic acids is 1. The number of para-hydroxylation sites is 1. The molecule has 1 fully saturated rings. The van der Waals surface area contributed by atoms with Crippen molar-refractivity contribution in [2.75, 3.05) is 37.6 Å². The van der Waals surface area contributed by atoms with E-state index in [2.05, 4.69) is 27.9 Å². The van der Waals surface area contributed by atoms with Crippen LogP contribution in [0.1, 0.15) is 19.8 Å². The maximum absolute atomic E-state index is 11.1. The minimum absolute atomic E-state index is 0.171. The molecule has 0 amide bonds. The fourth-order valence-electron chi connectivity index (χ4n) is 3.15. The number of hydrogen-bond donors (Lipinski definition) is 0. The van der Waals surface area contributed by atoms with Crippen molar-refractivity contribution in [2.24, 2.45) is 5.92 Å². The molecule has 1 atom stereocenters. The topological polar surface area (TPSA) is 49.6 Å². The summed E-state index contributed by atoms with van der Waals surface area (Å²) in [6, 6.07) is 7.97. The number of carbonyl (C=O) groups is 1. The van der Waals surface area contributed by atoms with Gasteiger partial charge < -0.3 is 14.2 Å². The van der Waals surface area contributed by atoms with Crippen molar-refractivity contribution < 1.29 is 9.32 Å². The van der Waals surface area contributed by atoms with Crippen LogP contribution < -0.4 is 4.90 Å². The fraction of sp³-hybridized carbons (Fsp3) is 0.529. The highest BCUT2D eigenvalue weighted by atomic mass is 16.5. The largest absolute Gasteiger partial charge is 0.354 e. The summed E-state index contributed by atoms with van der Waals surface area (Å²) in [4.78, 5) is 15.8. The van der Waals surface area contributed by atoms with Crippen LogP contribution in [-0.4, -0.2) is 49.1 Å². The van der Waals surface area contributed by atoms with Gasteiger partial charge in [-0.15, -0.1) is 0 Å². The summed E-state index contributed by atoms with van der Waals surface area (Å²) in [7, 11) is 0. The molecule has 0 bridgehead atoms. The SMILES string of the molecule is CCCC(C=O)CN1CCN(c2noc3ccccc23)CC1. The molecule has 1 aliphatic rings. The summed E-state index contributed by atoms with van der Waals surface area (Å²) in [5.74, 6) is 1.11. The van der Waals surface area contributed by atoms with Crippen molar-refractivity contribution in [2.45, 2.75) is 19.8 Å². The summed E-state index contributed by atoms with van der Waals surface area (Å²) >= 11 is 0. The van der Waals surface area contributed by atoms with E-state index in [-0.39, 0.29) is 5.92 Å². The van der Waals surface area contributed by atoms with Gasteiger partial charge in [0.25, 0.3) is 0 Å². The average molecular weight is 301 g/mol. The Bertz CT molecular complexity index is 617. The van der Waals surface area contributed by atoms with Crippen molar-refractivity contribution in [3.8, 4) is 0 Å². The molecule has 2 aromatic rings. The number of aromatic nitrogens is 1. The van der Waals surface area contributed by atoms with Crippen molar-refractivity contribution in [3.05, 3.63) is 24.3 Å². The van der Waals surface area contributed by atoms with Gasteiger partial charge in [-0.2, -0.15) is 0 Å². The maximum Gasteiger partial charge on any atom is 0.180 e. The molecule has 1 aliphatic heterocycles. The lowest BCUT2D eigenvalue weighted by molar-refractivity contribution is -0.111. The molecule has 1 unspecified atom stereocenters. The third-order valence-electron chi connectivity index (χ3n) is 4.37. The van der Waals surface area contributed by atoms with E-state index in [1.54, 1.807) is 0 Å². The normalized spacial score (nSPS) is 17.8. The van der Waals surface area contributed by atoms with Gasteiger partial charge in [0.05, 0.1) is 5.39 Å². The van der Waals surface area contributed by atoms with E-state index in [4.69, 9.17) is 4.52 Å². The molecule has 0 saturated carbocycles. The van der Waals surface area contributed by atoms with Gasteiger partial charge in [0.1, 0.15) is 6.29 Å². The number of anilines is 1. The smallest absolute Gasteiger partial charge is 0.180 e. The third kappa shape index (κ3) is 3.14. The molecule has 0 spiro atoms. The number of fused-ring (bicyclic) bond motifs is 1. The molecule has 22 heavy (non-hydrogen) atoms. The standard InChI is InChI=1S/C17H23N3O2/c1-2-5-14(13-21)12-19-8-10-20(11-9-19)17-15-6-3-4-7-16(15)22-18-17/h3-4,6-7,13-14H,2,5,8-12H2,1H3. The van der Waals surface area contributed by atoms with E-state index in [0.29, 0.717) is 0 Å². The molecule has 5 heteroatoms. The lowest BCUT2D eigenvalue weighted by Crippen LogP contribution is -2.48. The predicted molar refractivity (Wildman–Crippen MR) is 87.1 cm³/mol. The summed E-state index contributed by atoms with van der Waals surface area (Å²) in [5.41, 5.74) is 0.837. The van der Waals surface area contributed by atoms with Crippen LogP contribution in [0.3, 0.4) is 0 Å². The first-order chi connectivity index (χ1) is 10.8. The number of nitrogens with zero attached hydrogens (tertiary/aromatic N) is 3. The first-order valence-corrected chi connectivity index (χ1v) is 8.09. The Balaban J connectivity index is 1.61. The average Bonchev–Trinajstić information content (AvgIpc) is 2.99. The fourth-order valence-corrected chi connectivity index (χ4v) is 3.15. The van der Waals surface area contributed by atoms with Crippen molar-refractivity contribution in [1.82, 2.24) is 10.1 Å². The monoisotopic (exact) mass is 301 g/mol. The lowest BCUT2D eigenvalue weighted by Gasteiger charge is -2.35. The molecule has 2 heterocycles. The van der Waals surface area contributed by atoms with E-state index in [1.807, 2.05) is 18.2 Å². The van der Waals surface area contributed by atoms with Gasteiger partial charge in [-0.1, -0.05) is 30.6 Å². The molecule has 1 aromatic carbocycles. The quantitative estimate of drug-likeness (QED) is 0.768. The summed E-state index contributed by atoms with van der Waals surface area (Å²) < 4.78 is 5.39. The first-order valence-electron chi connectivity index (χ1n) is 8.09. The number of piperazine rings is 1. The Labute approximate surface area is 130 Å². The van der Waals surface area contributed by atoms with E-state index in [9.17, 15) is 4.79 Å². The van der Waals surface area contributed by atoms with Crippen LogP contribution in [0.4, 0.5) is 5.82 Å². The van der Waals surface area contributed by atoms with Gasteiger partial charge in [-0.05, 0) is 18.6 Å². The predicted octanol–water partition coefficient (Wildman–Crippen LogP) is 2.57. The van der Waals surface area contributed by atoms with Crippen LogP contribution in [0.2, 0.25) is 0 Å². The van der Waals surface area contributed by atoms with Crippen LogP contribution in [0.25, 0.3) is 11.0 Å². The molecule has 1 saturated heterocycles. The zero-order valence-electron chi connectivity index (χ0n) is 13.1. The van der Waals surface area contributed by atoms with Crippen molar-refractivity contribution >= 4 is 23.1 Å². The molecule has 3 rings (SSSR count). The van der Waals surface area contributed by atoms with Crippen molar-refractivity contribution in [3.63, 3.8) is 0 Å². The molecular formula is C17H23N3O2. The number of rotatable bonds is 6. The highest BCUT2D eigenvalue weighted by Crippen LogP contribution is 2.26. The Morgan fingerprint density at radius 1 is 1.27 bits per heavy atom. The van der Waals surface area contributed by atoms with Crippen LogP contribution in [0.15, 0.2) is 28.8 Å². The molecule has 5 nitrogen and oxygen atoms in total. The van der Waals surface area contributed by atoms with Gasteiger partial charge in [0.2, 0.25) is 0 Å². The second-order valence-corrected chi connectivity index (χ2v) is 5.97. The minimum atomic E-state index is 0.171. The molecular weight excluding hydrogens is 278 g/mol. The number of benzene rings is 1. The minimum Gasteiger partial charge on any atom is -0.354 e. The van der Waals surface area contributed by atoms with E-state index in [1.165, 1.54) is 0 Å². The zero-order valence-corrected chi connectivity index (χ0v) is 13.1. The van der Waals surface area contributed by atoms with Crippen molar-refractivity contribution in [1.29, 1.82) is 0 Å². The number of aldehydes is 1. The highest BCUT2D eigenvalue weighted by molar-refractivity contribution is 5.88. The third-order valence-corrected chi connectivity index (χ3v) is 4.37. The summed E-state index contributed by atoms with van der Waals surface area (Å²) in [6.07, 6.45) is 3.16. The second-order valence-electron chi connectivity index (χ2n) is 5.97. The van der Waals surface area contributed by atoms with Crippen LogP contribution in [0.5, 0.6) is 0 Å². The van der Waals surface area contributed by atoms with Crippen LogP contribution in [-0.2, 0) is 4.79 Å². The van der Waals surface area contributed by atoms with Crippen LogP contribution >= 0.6 is 0 Å². The Morgan fingerprint density at radius 2 is 2.05 bits per heavy atom. The number of hydrogen-bond acceptors (Lipinski definition) is 5. The Hall–Kier alpha value is -1.88. The summed E-state index contributed by atoms with van der Waals surface area (Å²) in [6.45, 7) is 6.79. The van der Waals surface area contributed by atoms with E-state index < -0.39 is 0 Å². The Kier molecular flexibility index (Phi) is 4.73. The van der Waals surface area contributed by atoms with Gasteiger partial charge in [-0.3, -0.25) is 4.90 Å². The van der Waals surface area contributed by atoms with E-state index in [0.717, 1.165) is 68.6 Å². The molecule has 0 aliphatic carbocycles. The maximum atomic E-state index is 11.1. The van der Waals surface area contributed by atoms with Gasteiger partial charge in [0.15, 0.2) is 11.4 Å². The lowest BCUT2D eigenvalue weighted by atomic mass is 10.0. The molecule has 1 aromatic heterocycles. The molecule has 118 valence electrons. The zero-order chi connectivity index (χ0) is 15.4. The van der Waals surface area contributed by atoms with Gasteiger partial charge in [-0.25, -0.2) is 0 Å². The summed E-state index contributed by atoms with van der Waals surface area (Å²) in [5, 5.41) is 5.30. The second kappa shape index (κ2) is 6.92. The van der Waals surface area contributed by atoms with E-state index >= 15 is 0 Å². The first kappa shape index (κ1) is 15.0. The van der Waals surface area contributed by atoms with Crippen LogP contribution in [0, 0.1) is 5.92 Å². The highest BCUT2D eigenvalue weighted by Gasteiger charge is 2.22.